The van der Waals surface area contributed by atoms with Crippen molar-refractivity contribution in [3.8, 4) is 0 Å². The topological polar surface area (TPSA) is 46.5 Å². The van der Waals surface area contributed by atoms with Crippen molar-refractivity contribution in [1.82, 2.24) is 0 Å². The van der Waals surface area contributed by atoms with Crippen LogP contribution >= 0.6 is 0 Å². The summed E-state index contributed by atoms with van der Waals surface area (Å²) in [6.07, 6.45) is -23.2. The van der Waals surface area contributed by atoms with Crippen LogP contribution in [0.5, 0.6) is 0 Å². The number of carboxylic acids is 1. The number of hydrogen-bond donors (Lipinski definition) is 1. The van der Waals surface area contributed by atoms with Crippen molar-refractivity contribution in [2.75, 3.05) is 0 Å². The van der Waals surface area contributed by atoms with Crippen molar-refractivity contribution in [3.05, 3.63) is 11.7 Å². The van der Waals surface area contributed by atoms with Crippen LogP contribution in [0.1, 0.15) is 0 Å². The first-order valence-electron chi connectivity index (χ1n) is 9.19. The quantitative estimate of drug-likeness (QED) is 0.192. The van der Waals surface area contributed by atoms with Crippen LogP contribution in [0.2, 0.25) is 0 Å². The largest absolute Gasteiger partial charge is 0.475 e. The van der Waals surface area contributed by atoms with E-state index in [1.165, 1.54) is 4.74 Å². The molecule has 0 aliphatic carbocycles. The maximum atomic E-state index is 13.6. The molecule has 0 saturated carbocycles. The molecule has 0 fully saturated rings. The van der Waals surface area contributed by atoms with Gasteiger partial charge in [0.05, 0.1) is 0 Å². The molecule has 3 nitrogen and oxygen atoms in total. The highest BCUT2D eigenvalue weighted by atomic mass is 19.4. The number of alkyl halides is 25. The Morgan fingerprint density at radius 3 is 0.889 bits per heavy atom. The van der Waals surface area contributed by atoms with Crippen molar-refractivity contribution < 1.29 is 133 Å². The number of ether oxygens (including phenoxy) is 1. The molecular formula is C15HF27O3. The first-order valence-corrected chi connectivity index (χ1v) is 9.19. The Kier molecular flexibility index (Phi) is 10.0. The van der Waals surface area contributed by atoms with Gasteiger partial charge in [-0.3, -0.25) is 0 Å². The molecule has 30 heteroatoms. The average molecular weight is 742 g/mol. The zero-order valence-electron chi connectivity index (χ0n) is 19.0. The van der Waals surface area contributed by atoms with Gasteiger partial charge < -0.3 is 5.11 Å². The van der Waals surface area contributed by atoms with Gasteiger partial charge in [0.2, 0.25) is 11.7 Å². The first kappa shape index (κ1) is 42.3. The third-order valence-corrected chi connectivity index (χ3v) is 4.73. The predicted octanol–water partition coefficient (Wildman–Crippen LogP) is 8.70. The van der Waals surface area contributed by atoms with Crippen molar-refractivity contribution in [2.45, 2.75) is 71.7 Å². The normalized spacial score (nSPS) is 17.0. The summed E-state index contributed by atoms with van der Waals surface area (Å²) in [5, 5.41) is 7.69. The highest BCUT2D eigenvalue weighted by molar-refractivity contribution is 5.73. The second kappa shape index (κ2) is 10.7. The molecule has 0 aromatic heterocycles. The lowest BCUT2D eigenvalue weighted by Crippen LogP contribution is -2.71. The second-order valence-corrected chi connectivity index (χ2v) is 7.74. The van der Waals surface area contributed by atoms with Gasteiger partial charge in [0, 0.05) is 0 Å². The number of hydrogen-bond acceptors (Lipinski definition) is 2. The van der Waals surface area contributed by atoms with Gasteiger partial charge in [-0.15, -0.1) is 0 Å². The van der Waals surface area contributed by atoms with Crippen LogP contribution in [-0.4, -0.2) is 82.8 Å². The van der Waals surface area contributed by atoms with Crippen LogP contribution in [-0.2, 0) is 9.53 Å². The SMILES string of the molecule is O=C(O)C(F)(F)OC(F)(F)C(F)(F)C(F)(F)C(F)(F)C(F)(F)C(F)(F)/C(F)=C(\F)C(F)(F)C(F)(F)C(F)(F)C(F)(F)C(F)(F)F. The third-order valence-electron chi connectivity index (χ3n) is 4.73. The highest BCUT2D eigenvalue weighted by Crippen LogP contribution is 2.64. The summed E-state index contributed by atoms with van der Waals surface area (Å²) >= 11 is 0. The van der Waals surface area contributed by atoms with Gasteiger partial charge in [-0.2, -0.15) is 110 Å². The Balaban J connectivity index is 7.33. The van der Waals surface area contributed by atoms with Gasteiger partial charge in [-0.05, 0) is 0 Å². The van der Waals surface area contributed by atoms with Crippen LogP contribution in [0.3, 0.4) is 0 Å². The zero-order chi connectivity index (χ0) is 37.4. The van der Waals surface area contributed by atoms with E-state index in [-0.39, 0.29) is 0 Å². The lowest BCUT2D eigenvalue weighted by molar-refractivity contribution is -0.481. The fourth-order valence-electron chi connectivity index (χ4n) is 2.17. The lowest BCUT2D eigenvalue weighted by Gasteiger charge is -2.41. The summed E-state index contributed by atoms with van der Waals surface area (Å²) in [5.41, 5.74) is 0. The highest BCUT2D eigenvalue weighted by Gasteiger charge is 2.93. The molecule has 0 spiro atoms. The number of rotatable bonds is 13. The van der Waals surface area contributed by atoms with Crippen molar-refractivity contribution >= 4 is 5.97 Å². The predicted molar refractivity (Wildman–Crippen MR) is 78.4 cm³/mol. The van der Waals surface area contributed by atoms with Gasteiger partial charge >= 0.3 is 77.7 Å². The van der Waals surface area contributed by atoms with Gasteiger partial charge in [0.1, 0.15) is 0 Å². The van der Waals surface area contributed by atoms with Crippen LogP contribution < -0.4 is 0 Å². The van der Waals surface area contributed by atoms with Crippen molar-refractivity contribution in [2.24, 2.45) is 0 Å². The molecule has 0 saturated heterocycles. The summed E-state index contributed by atoms with van der Waals surface area (Å²) in [6, 6.07) is 0. The van der Waals surface area contributed by atoms with Gasteiger partial charge in [0.15, 0.2) is 0 Å². The summed E-state index contributed by atoms with van der Waals surface area (Å²) in [6.45, 7) is 0. The van der Waals surface area contributed by atoms with E-state index in [0.29, 0.717) is 0 Å². The Labute approximate surface area is 224 Å². The van der Waals surface area contributed by atoms with Crippen LogP contribution in [0.25, 0.3) is 0 Å². The molecule has 0 amide bonds. The Hall–Kier alpha value is -2.72. The lowest BCUT2D eigenvalue weighted by atomic mass is 9.91. The van der Waals surface area contributed by atoms with E-state index < -0.39 is 89.3 Å². The summed E-state index contributed by atoms with van der Waals surface area (Å²) in [5.74, 6) is -97.4. The third kappa shape index (κ3) is 5.64. The zero-order valence-corrected chi connectivity index (χ0v) is 19.0. The molecule has 0 atom stereocenters. The monoisotopic (exact) mass is 742 g/mol. The molecule has 0 bridgehead atoms. The number of allylic oxidation sites excluding steroid dienone is 2. The van der Waals surface area contributed by atoms with Crippen molar-refractivity contribution in [3.63, 3.8) is 0 Å². The molecular weight excluding hydrogens is 741 g/mol. The van der Waals surface area contributed by atoms with E-state index in [1.807, 2.05) is 0 Å². The minimum atomic E-state index is -9.35. The average Bonchev–Trinajstić information content (AvgIpc) is 2.80. The summed E-state index contributed by atoms with van der Waals surface area (Å²) in [4.78, 5) is 9.87. The number of aliphatic carboxylic acids is 1. The van der Waals surface area contributed by atoms with Crippen LogP contribution in [0, 0.1) is 0 Å². The molecule has 0 heterocycles. The molecule has 0 aromatic carbocycles. The van der Waals surface area contributed by atoms with Crippen LogP contribution in [0.4, 0.5) is 119 Å². The maximum Gasteiger partial charge on any atom is 0.460 e. The number of carboxylic acid groups (broad SMARTS) is 1. The molecule has 0 aliphatic heterocycles. The maximum absolute atomic E-state index is 13.6. The molecule has 0 aliphatic rings. The van der Waals surface area contributed by atoms with Gasteiger partial charge in [0.25, 0.3) is 0 Å². The minimum Gasteiger partial charge on any atom is -0.475 e. The van der Waals surface area contributed by atoms with Crippen LogP contribution in [0.15, 0.2) is 11.7 Å². The van der Waals surface area contributed by atoms with Gasteiger partial charge in [-0.25, -0.2) is 18.3 Å². The van der Waals surface area contributed by atoms with E-state index in [0.717, 1.165) is 0 Å². The molecule has 0 unspecified atom stereocenters. The molecule has 0 aromatic rings. The Morgan fingerprint density at radius 1 is 0.400 bits per heavy atom. The van der Waals surface area contributed by atoms with Gasteiger partial charge in [-0.1, -0.05) is 0 Å². The van der Waals surface area contributed by atoms with E-state index in [4.69, 9.17) is 5.11 Å². The summed E-state index contributed by atoms with van der Waals surface area (Å²) in [7, 11) is 0. The fraction of sp³-hybridized carbons (Fsp3) is 0.800. The minimum absolute atomic E-state index is 1.28. The summed E-state index contributed by atoms with van der Waals surface area (Å²) < 4.78 is 356. The standard InChI is InChI=1S/C15HF27O3/c16-1(2(17)5(20,21)8(26,27)10(30,31)12(34,35)14(38,39)40)4(18,19)7(24,25)9(28,29)11(32,33)13(36,37)15(41,42)45-6(22,23)3(43)44/h(H,43,44)/b2-1+. The Morgan fingerprint density at radius 2 is 0.644 bits per heavy atom. The van der Waals surface area contributed by atoms with E-state index in [2.05, 4.69) is 0 Å². The number of carbonyl (C=O) groups is 1. The van der Waals surface area contributed by atoms with E-state index in [9.17, 15) is 123 Å². The molecule has 0 radical (unpaired) electrons. The number of halogens is 27. The molecule has 45 heavy (non-hydrogen) atoms. The van der Waals surface area contributed by atoms with E-state index >= 15 is 0 Å². The Bertz CT molecular complexity index is 1160. The van der Waals surface area contributed by atoms with E-state index in [1.54, 1.807) is 0 Å². The molecule has 0 rings (SSSR count). The van der Waals surface area contributed by atoms with Crippen molar-refractivity contribution in [1.29, 1.82) is 0 Å². The smallest absolute Gasteiger partial charge is 0.460 e. The molecule has 1 N–H and O–H groups in total. The first-order chi connectivity index (χ1) is 19.0. The molecule has 268 valence electrons. The fourth-order valence-corrected chi connectivity index (χ4v) is 2.17. The second-order valence-electron chi connectivity index (χ2n) is 7.74.